The number of nitrogens with zero attached hydrogens (tertiary/aromatic N) is 2. The molecule has 0 saturated carbocycles. The Bertz CT molecular complexity index is 758. The van der Waals surface area contributed by atoms with Gasteiger partial charge in [0.2, 0.25) is 5.91 Å². The van der Waals surface area contributed by atoms with E-state index in [4.69, 9.17) is 0 Å². The van der Waals surface area contributed by atoms with Crippen LogP contribution < -0.4 is 10.6 Å². The van der Waals surface area contributed by atoms with Gasteiger partial charge in [-0.3, -0.25) is 19.8 Å². The molecule has 0 spiro atoms. The summed E-state index contributed by atoms with van der Waals surface area (Å²) < 4.78 is 38.0. The normalized spacial score (nSPS) is 16.3. The maximum absolute atomic E-state index is 12.7. The van der Waals surface area contributed by atoms with Gasteiger partial charge in [0.15, 0.2) is 0 Å². The van der Waals surface area contributed by atoms with Crippen LogP contribution in [-0.2, 0) is 11.0 Å². The van der Waals surface area contributed by atoms with E-state index in [1.807, 2.05) is 18.7 Å². The van der Waals surface area contributed by atoms with E-state index < -0.39 is 29.7 Å². The first-order chi connectivity index (χ1) is 14.0. The Morgan fingerprint density at radius 3 is 2.07 bits per heavy atom. The molecule has 30 heavy (non-hydrogen) atoms. The number of alkyl halides is 3. The van der Waals surface area contributed by atoms with Crippen LogP contribution in [0.1, 0.15) is 36.7 Å². The molecule has 1 atom stereocenters. The number of hydrogen-bond acceptors (Lipinski definition) is 4. The molecule has 7 nitrogen and oxygen atoms in total. The Labute approximate surface area is 173 Å². The molecule has 1 aliphatic rings. The SMILES string of the molecule is CC(C)CNC(=O)NC(=O)C(C)N1CCN(C(=O)c2ccc(C(F)(F)F)cc2)CC1. The highest BCUT2D eigenvalue weighted by atomic mass is 19.4. The second kappa shape index (κ2) is 9.92. The van der Waals surface area contributed by atoms with Crippen LogP contribution in [0.5, 0.6) is 0 Å². The summed E-state index contributed by atoms with van der Waals surface area (Å²) in [4.78, 5) is 39.9. The van der Waals surface area contributed by atoms with Gasteiger partial charge in [-0.2, -0.15) is 13.2 Å². The Morgan fingerprint density at radius 2 is 1.57 bits per heavy atom. The second-order valence-corrected chi connectivity index (χ2v) is 7.67. The summed E-state index contributed by atoms with van der Waals surface area (Å²) >= 11 is 0. The van der Waals surface area contributed by atoms with E-state index in [-0.39, 0.29) is 17.4 Å². The first kappa shape index (κ1) is 23.7. The first-order valence-electron chi connectivity index (χ1n) is 9.78. The average Bonchev–Trinajstić information content (AvgIpc) is 2.70. The molecule has 0 aliphatic carbocycles. The largest absolute Gasteiger partial charge is 0.416 e. The van der Waals surface area contributed by atoms with Gasteiger partial charge in [-0.05, 0) is 37.1 Å². The molecule has 0 bridgehead atoms. The van der Waals surface area contributed by atoms with Crippen LogP contribution in [0.25, 0.3) is 0 Å². The number of benzene rings is 1. The summed E-state index contributed by atoms with van der Waals surface area (Å²) in [7, 11) is 0. The number of carbonyl (C=O) groups is 3. The van der Waals surface area contributed by atoms with Gasteiger partial charge in [-0.25, -0.2) is 4.79 Å². The third-order valence-electron chi connectivity index (χ3n) is 4.90. The number of halogens is 3. The molecule has 1 fully saturated rings. The Morgan fingerprint density at radius 1 is 1.00 bits per heavy atom. The van der Waals surface area contributed by atoms with Crippen molar-refractivity contribution in [3.8, 4) is 0 Å². The number of imide groups is 1. The van der Waals surface area contributed by atoms with Crippen LogP contribution >= 0.6 is 0 Å². The molecule has 166 valence electrons. The zero-order valence-corrected chi connectivity index (χ0v) is 17.3. The molecule has 0 radical (unpaired) electrons. The van der Waals surface area contributed by atoms with Crippen molar-refractivity contribution in [3.63, 3.8) is 0 Å². The molecule has 10 heteroatoms. The lowest BCUT2D eigenvalue weighted by atomic mass is 10.1. The number of rotatable bonds is 5. The van der Waals surface area contributed by atoms with Crippen molar-refractivity contribution in [2.75, 3.05) is 32.7 Å². The predicted octanol–water partition coefficient (Wildman–Crippen LogP) is 2.33. The van der Waals surface area contributed by atoms with Crippen molar-refractivity contribution in [3.05, 3.63) is 35.4 Å². The van der Waals surface area contributed by atoms with Gasteiger partial charge in [-0.15, -0.1) is 0 Å². The first-order valence-corrected chi connectivity index (χ1v) is 9.78. The standard InChI is InChI=1S/C20H27F3N4O3/c1-13(2)12-24-19(30)25-17(28)14(3)26-8-10-27(11-9-26)18(29)15-4-6-16(7-5-15)20(21,22)23/h4-7,13-14H,8-12H2,1-3H3,(H2,24,25,28,30). The van der Waals surface area contributed by atoms with Crippen LogP contribution in [0.2, 0.25) is 0 Å². The molecular formula is C20H27F3N4O3. The number of amides is 4. The lowest BCUT2D eigenvalue weighted by Crippen LogP contribution is -2.56. The summed E-state index contributed by atoms with van der Waals surface area (Å²) in [5.74, 6) is -0.522. The highest BCUT2D eigenvalue weighted by molar-refractivity contribution is 5.97. The lowest BCUT2D eigenvalue weighted by molar-refractivity contribution is -0.137. The molecular weight excluding hydrogens is 401 g/mol. The van der Waals surface area contributed by atoms with E-state index in [1.54, 1.807) is 11.8 Å². The summed E-state index contributed by atoms with van der Waals surface area (Å²) in [5.41, 5.74) is -0.620. The van der Waals surface area contributed by atoms with Crippen LogP contribution in [0.15, 0.2) is 24.3 Å². The average molecular weight is 428 g/mol. The monoisotopic (exact) mass is 428 g/mol. The van der Waals surface area contributed by atoms with E-state index in [0.29, 0.717) is 32.7 Å². The predicted molar refractivity (Wildman–Crippen MR) is 105 cm³/mol. The fourth-order valence-electron chi connectivity index (χ4n) is 3.02. The fourth-order valence-corrected chi connectivity index (χ4v) is 3.02. The minimum atomic E-state index is -4.45. The van der Waals surface area contributed by atoms with Crippen molar-refractivity contribution >= 4 is 17.8 Å². The number of hydrogen-bond donors (Lipinski definition) is 2. The van der Waals surface area contributed by atoms with Gasteiger partial charge in [0.05, 0.1) is 11.6 Å². The number of urea groups is 1. The third kappa shape index (κ3) is 6.45. The Hall–Kier alpha value is -2.62. The number of nitrogens with one attached hydrogen (secondary N) is 2. The summed E-state index contributed by atoms with van der Waals surface area (Å²) in [6.07, 6.45) is -4.45. The molecule has 0 aromatic heterocycles. The zero-order valence-electron chi connectivity index (χ0n) is 17.3. The van der Waals surface area contributed by atoms with E-state index in [9.17, 15) is 27.6 Å². The summed E-state index contributed by atoms with van der Waals surface area (Å²) in [6.45, 7) is 7.50. The Balaban J connectivity index is 1.85. The molecule has 1 unspecified atom stereocenters. The molecule has 2 rings (SSSR count). The van der Waals surface area contributed by atoms with Gasteiger partial charge in [0, 0.05) is 38.3 Å². The topological polar surface area (TPSA) is 81.8 Å². The number of piperazine rings is 1. The molecule has 1 aliphatic heterocycles. The fraction of sp³-hybridized carbons (Fsp3) is 0.550. The van der Waals surface area contributed by atoms with Crippen molar-refractivity contribution < 1.29 is 27.6 Å². The summed E-state index contributed by atoms with van der Waals surface area (Å²) in [5, 5.41) is 4.92. The van der Waals surface area contributed by atoms with E-state index >= 15 is 0 Å². The highest BCUT2D eigenvalue weighted by Crippen LogP contribution is 2.29. The van der Waals surface area contributed by atoms with Crippen molar-refractivity contribution in [1.82, 2.24) is 20.4 Å². The zero-order chi connectivity index (χ0) is 22.5. The van der Waals surface area contributed by atoms with Crippen LogP contribution in [0, 0.1) is 5.92 Å². The van der Waals surface area contributed by atoms with Crippen molar-refractivity contribution in [2.45, 2.75) is 33.0 Å². The quantitative estimate of drug-likeness (QED) is 0.754. The molecule has 1 saturated heterocycles. The minimum absolute atomic E-state index is 0.184. The maximum atomic E-state index is 12.7. The third-order valence-corrected chi connectivity index (χ3v) is 4.90. The van der Waals surface area contributed by atoms with Gasteiger partial charge in [0.1, 0.15) is 0 Å². The smallest absolute Gasteiger partial charge is 0.338 e. The van der Waals surface area contributed by atoms with Crippen molar-refractivity contribution in [2.24, 2.45) is 5.92 Å². The van der Waals surface area contributed by atoms with Crippen LogP contribution in [0.4, 0.5) is 18.0 Å². The minimum Gasteiger partial charge on any atom is -0.338 e. The molecule has 4 amide bonds. The Kier molecular flexibility index (Phi) is 7.83. The van der Waals surface area contributed by atoms with Gasteiger partial charge in [-0.1, -0.05) is 13.8 Å². The van der Waals surface area contributed by atoms with Gasteiger partial charge in [0.25, 0.3) is 5.91 Å². The van der Waals surface area contributed by atoms with Gasteiger partial charge < -0.3 is 10.2 Å². The number of carbonyl (C=O) groups excluding carboxylic acids is 3. The highest BCUT2D eigenvalue weighted by Gasteiger charge is 2.31. The van der Waals surface area contributed by atoms with E-state index in [0.717, 1.165) is 12.1 Å². The second-order valence-electron chi connectivity index (χ2n) is 7.67. The maximum Gasteiger partial charge on any atom is 0.416 e. The van der Waals surface area contributed by atoms with Crippen LogP contribution in [-0.4, -0.2) is 66.4 Å². The van der Waals surface area contributed by atoms with Crippen molar-refractivity contribution in [1.29, 1.82) is 0 Å². The summed E-state index contributed by atoms with van der Waals surface area (Å²) in [6, 6.07) is 3.02. The molecule has 1 aromatic carbocycles. The van der Waals surface area contributed by atoms with E-state index in [1.165, 1.54) is 12.1 Å². The van der Waals surface area contributed by atoms with Crippen LogP contribution in [0.3, 0.4) is 0 Å². The van der Waals surface area contributed by atoms with E-state index in [2.05, 4.69) is 10.6 Å². The molecule has 1 heterocycles. The van der Waals surface area contributed by atoms with Gasteiger partial charge >= 0.3 is 12.2 Å². The lowest BCUT2D eigenvalue weighted by Gasteiger charge is -2.37. The molecule has 1 aromatic rings. The molecule has 2 N–H and O–H groups in total.